The highest BCUT2D eigenvalue weighted by Gasteiger charge is 2.36. The van der Waals surface area contributed by atoms with Gasteiger partial charge in [-0.1, -0.05) is 12.1 Å². The summed E-state index contributed by atoms with van der Waals surface area (Å²) in [7, 11) is 1.36. The van der Waals surface area contributed by atoms with Crippen molar-refractivity contribution in [3.63, 3.8) is 0 Å². The predicted molar refractivity (Wildman–Crippen MR) is 135 cm³/mol. The third kappa shape index (κ3) is 4.55. The lowest BCUT2D eigenvalue weighted by atomic mass is 9.95. The van der Waals surface area contributed by atoms with Crippen molar-refractivity contribution >= 4 is 23.3 Å². The summed E-state index contributed by atoms with van der Waals surface area (Å²) in [5.41, 5.74) is 4.73. The van der Waals surface area contributed by atoms with Crippen molar-refractivity contribution in [2.24, 2.45) is 0 Å². The van der Waals surface area contributed by atoms with E-state index in [9.17, 15) is 9.59 Å². The molecule has 8 heteroatoms. The van der Waals surface area contributed by atoms with Crippen molar-refractivity contribution in [3.05, 3.63) is 69.9 Å². The first kappa shape index (κ1) is 23.5. The molecule has 1 N–H and O–H groups in total. The molecule has 0 saturated carbocycles. The van der Waals surface area contributed by atoms with Crippen LogP contribution in [0, 0.1) is 0 Å². The number of hydrogen-bond donors (Lipinski definition) is 1. The molecule has 0 radical (unpaired) electrons. The number of aryl methyl sites for hydroxylation is 1. The summed E-state index contributed by atoms with van der Waals surface area (Å²) in [5, 5.41) is 4.18. The number of methoxy groups -OCH3 is 1. The molecule has 5 rings (SSSR count). The van der Waals surface area contributed by atoms with Crippen molar-refractivity contribution < 1.29 is 19.1 Å². The van der Waals surface area contributed by atoms with E-state index >= 15 is 0 Å². The number of rotatable bonds is 6. The van der Waals surface area contributed by atoms with E-state index in [1.807, 2.05) is 47.4 Å². The van der Waals surface area contributed by atoms with Gasteiger partial charge in [-0.15, -0.1) is 11.3 Å². The van der Waals surface area contributed by atoms with Gasteiger partial charge in [0.05, 0.1) is 38.4 Å². The van der Waals surface area contributed by atoms with Gasteiger partial charge < -0.3 is 24.3 Å². The molecule has 0 spiro atoms. The summed E-state index contributed by atoms with van der Waals surface area (Å²) in [6, 6.07) is 11.7. The molecule has 7 nitrogen and oxygen atoms in total. The number of hydrogen-bond acceptors (Lipinski definition) is 5. The zero-order valence-electron chi connectivity index (χ0n) is 20.2. The van der Waals surface area contributed by atoms with E-state index in [2.05, 4.69) is 28.2 Å². The fourth-order valence-corrected chi connectivity index (χ4v) is 6.53. The molecule has 0 saturated heterocycles. The number of nitrogens with one attached hydrogen (secondary N) is 1. The SMILES string of the molecule is CCOc1ccc([C@@H]2c3cccn3-c3sc4c(c3CN2C(=O)NCCC(=O)OC)CCCC4)cc1. The van der Waals surface area contributed by atoms with E-state index in [1.165, 1.54) is 41.0 Å². The lowest BCUT2D eigenvalue weighted by molar-refractivity contribution is -0.140. The number of amides is 2. The van der Waals surface area contributed by atoms with Crippen molar-refractivity contribution in [2.75, 3.05) is 20.3 Å². The van der Waals surface area contributed by atoms with Gasteiger partial charge in [0.2, 0.25) is 0 Å². The molecule has 0 bridgehead atoms. The Morgan fingerprint density at radius 3 is 2.69 bits per heavy atom. The van der Waals surface area contributed by atoms with Gasteiger partial charge in [-0.2, -0.15) is 0 Å². The van der Waals surface area contributed by atoms with Crippen LogP contribution in [0.2, 0.25) is 0 Å². The number of nitrogens with zero attached hydrogens (tertiary/aromatic N) is 2. The number of aromatic nitrogens is 1. The average Bonchev–Trinajstić information content (AvgIpc) is 3.46. The van der Waals surface area contributed by atoms with Crippen LogP contribution in [0.15, 0.2) is 42.6 Å². The normalized spacial score (nSPS) is 16.5. The van der Waals surface area contributed by atoms with E-state index in [0.29, 0.717) is 13.2 Å². The van der Waals surface area contributed by atoms with Gasteiger partial charge in [-0.25, -0.2) is 4.79 Å². The van der Waals surface area contributed by atoms with E-state index in [1.54, 1.807) is 0 Å². The Labute approximate surface area is 209 Å². The molecule has 2 aromatic heterocycles. The number of carbonyl (C=O) groups excluding carboxylic acids is 2. The first-order valence-electron chi connectivity index (χ1n) is 12.3. The van der Waals surface area contributed by atoms with E-state index in [0.717, 1.165) is 29.8 Å². The number of esters is 1. The Morgan fingerprint density at radius 1 is 1.11 bits per heavy atom. The summed E-state index contributed by atoms with van der Waals surface area (Å²) in [6.45, 7) is 3.32. The number of benzene rings is 1. The van der Waals surface area contributed by atoms with Crippen LogP contribution in [0.5, 0.6) is 5.75 Å². The highest BCUT2D eigenvalue weighted by atomic mass is 32.1. The molecule has 184 valence electrons. The van der Waals surface area contributed by atoms with Crippen LogP contribution in [0.25, 0.3) is 5.00 Å². The summed E-state index contributed by atoms with van der Waals surface area (Å²) in [4.78, 5) is 28.6. The molecule has 35 heavy (non-hydrogen) atoms. The third-order valence-electron chi connectivity index (χ3n) is 6.78. The minimum atomic E-state index is -0.340. The number of fused-ring (bicyclic) bond motifs is 5. The largest absolute Gasteiger partial charge is 0.494 e. The molecule has 0 unspecified atom stereocenters. The number of urea groups is 1. The van der Waals surface area contributed by atoms with Crippen LogP contribution >= 0.6 is 11.3 Å². The van der Waals surface area contributed by atoms with Gasteiger partial charge in [0.15, 0.2) is 0 Å². The molecule has 1 aliphatic carbocycles. The molecule has 0 fully saturated rings. The van der Waals surface area contributed by atoms with Gasteiger partial charge in [-0.05, 0) is 68.0 Å². The molecule has 2 aliphatic rings. The van der Waals surface area contributed by atoms with Crippen LogP contribution in [0.1, 0.15) is 59.5 Å². The minimum Gasteiger partial charge on any atom is -0.494 e. The summed E-state index contributed by atoms with van der Waals surface area (Å²) in [5.74, 6) is 0.467. The molecule has 1 aromatic carbocycles. The summed E-state index contributed by atoms with van der Waals surface area (Å²) < 4.78 is 12.6. The Balaban J connectivity index is 1.56. The van der Waals surface area contributed by atoms with Crippen molar-refractivity contribution in [3.8, 4) is 10.8 Å². The third-order valence-corrected chi connectivity index (χ3v) is 8.11. The zero-order valence-corrected chi connectivity index (χ0v) is 21.0. The molecular weight excluding hydrogens is 462 g/mol. The van der Waals surface area contributed by atoms with Crippen molar-refractivity contribution in [2.45, 2.75) is 51.6 Å². The summed E-state index contributed by atoms with van der Waals surface area (Å²) in [6.07, 6.45) is 6.82. The average molecular weight is 494 g/mol. The Bertz CT molecular complexity index is 1210. The first-order valence-corrected chi connectivity index (χ1v) is 13.1. The van der Waals surface area contributed by atoms with Gasteiger partial charge in [0, 0.05) is 23.2 Å². The molecule has 3 aromatic rings. The number of carbonyl (C=O) groups is 2. The molecular formula is C27H31N3O4S. The molecule has 1 atom stereocenters. The second kappa shape index (κ2) is 10.2. The Morgan fingerprint density at radius 2 is 1.91 bits per heavy atom. The maximum absolute atomic E-state index is 13.6. The van der Waals surface area contributed by atoms with Crippen LogP contribution in [-0.4, -0.2) is 41.7 Å². The van der Waals surface area contributed by atoms with Crippen molar-refractivity contribution in [1.82, 2.24) is 14.8 Å². The molecule has 1 aliphatic heterocycles. The fourth-order valence-electron chi connectivity index (χ4n) is 5.13. The lowest BCUT2D eigenvalue weighted by Crippen LogP contribution is -2.42. The Kier molecular flexibility index (Phi) is 6.81. The minimum absolute atomic E-state index is 0.138. The van der Waals surface area contributed by atoms with Gasteiger partial charge in [0.25, 0.3) is 0 Å². The van der Waals surface area contributed by atoms with Gasteiger partial charge in [0.1, 0.15) is 10.8 Å². The monoisotopic (exact) mass is 493 g/mol. The van der Waals surface area contributed by atoms with E-state index in [-0.39, 0.29) is 31.0 Å². The van der Waals surface area contributed by atoms with Gasteiger partial charge in [-0.3, -0.25) is 4.79 Å². The fraction of sp³-hybridized carbons (Fsp3) is 0.407. The Hall–Kier alpha value is -3.26. The van der Waals surface area contributed by atoms with E-state index < -0.39 is 0 Å². The first-order chi connectivity index (χ1) is 17.1. The predicted octanol–water partition coefficient (Wildman–Crippen LogP) is 4.99. The highest BCUT2D eigenvalue weighted by Crippen LogP contribution is 2.44. The maximum atomic E-state index is 13.6. The van der Waals surface area contributed by atoms with Gasteiger partial charge >= 0.3 is 12.0 Å². The van der Waals surface area contributed by atoms with Crippen LogP contribution in [-0.2, 0) is 28.9 Å². The topological polar surface area (TPSA) is 72.8 Å². The maximum Gasteiger partial charge on any atom is 0.318 e. The molecule has 3 heterocycles. The van der Waals surface area contributed by atoms with Crippen molar-refractivity contribution in [1.29, 1.82) is 0 Å². The lowest BCUT2D eigenvalue weighted by Gasteiger charge is -2.31. The smallest absolute Gasteiger partial charge is 0.318 e. The van der Waals surface area contributed by atoms with E-state index in [4.69, 9.17) is 9.47 Å². The number of thiophene rings is 1. The van der Waals surface area contributed by atoms with Crippen LogP contribution in [0.4, 0.5) is 4.79 Å². The standard InChI is InChI=1S/C27H31N3O4S/c1-3-34-19-12-10-18(11-13-19)25-22-8-6-16-29(22)26-21(20-7-4-5-9-23(20)35-26)17-30(25)27(32)28-15-14-24(31)33-2/h6,8,10-13,16,25H,3-5,7,9,14-15,17H2,1-2H3,(H,28,32)/t25-/m1/s1. The second-order valence-electron chi connectivity index (χ2n) is 8.89. The number of ether oxygens (including phenoxy) is 2. The summed E-state index contributed by atoms with van der Waals surface area (Å²) >= 11 is 1.87. The van der Waals surface area contributed by atoms with Crippen LogP contribution < -0.4 is 10.1 Å². The second-order valence-corrected chi connectivity index (χ2v) is 9.97. The quantitative estimate of drug-likeness (QED) is 0.491. The zero-order chi connectivity index (χ0) is 24.4. The molecule has 2 amide bonds. The van der Waals surface area contributed by atoms with Crippen LogP contribution in [0.3, 0.4) is 0 Å². The highest BCUT2D eigenvalue weighted by molar-refractivity contribution is 7.15.